The summed E-state index contributed by atoms with van der Waals surface area (Å²) in [4.78, 5) is 2.53. The lowest BCUT2D eigenvalue weighted by Gasteiger charge is -2.31. The Kier molecular flexibility index (Phi) is 5.55. The fourth-order valence-corrected chi connectivity index (χ4v) is 3.24. The van der Waals surface area contributed by atoms with E-state index in [4.69, 9.17) is 5.73 Å². The largest absolute Gasteiger partial charge is 0.326 e. The van der Waals surface area contributed by atoms with Gasteiger partial charge >= 0.3 is 0 Å². The summed E-state index contributed by atoms with van der Waals surface area (Å²) in [5.41, 5.74) is 7.91. The van der Waals surface area contributed by atoms with Gasteiger partial charge in [0.15, 0.2) is 0 Å². The van der Waals surface area contributed by atoms with Crippen molar-refractivity contribution in [2.24, 2.45) is 11.7 Å². The molecule has 0 bridgehead atoms. The molecule has 2 rings (SSSR count). The van der Waals surface area contributed by atoms with Gasteiger partial charge in [-0.25, -0.2) is 4.39 Å². The van der Waals surface area contributed by atoms with Crippen LogP contribution in [0.4, 0.5) is 4.39 Å². The maximum Gasteiger partial charge on any atom is 0.123 e. The molecule has 1 aliphatic carbocycles. The number of benzene rings is 1. The Morgan fingerprint density at radius 1 is 1.25 bits per heavy atom. The predicted molar refractivity (Wildman–Crippen MR) is 81.8 cm³/mol. The lowest BCUT2D eigenvalue weighted by molar-refractivity contribution is 0.168. The summed E-state index contributed by atoms with van der Waals surface area (Å²) < 4.78 is 13.5. The standard InChI is InChI=1S/C17H27FN2/c1-13(2)11-20(17-5-3-4-6-17)12-15-9-16(18)8-7-14(15)10-19/h7-9,13,17H,3-6,10-12,19H2,1-2H3. The number of nitrogens with two attached hydrogens (primary N) is 1. The fourth-order valence-electron chi connectivity index (χ4n) is 3.24. The first-order valence-electron chi connectivity index (χ1n) is 7.81. The van der Waals surface area contributed by atoms with Crippen molar-refractivity contribution in [1.82, 2.24) is 4.90 Å². The van der Waals surface area contributed by atoms with Crippen molar-refractivity contribution in [3.05, 3.63) is 35.1 Å². The van der Waals surface area contributed by atoms with Gasteiger partial charge in [-0.15, -0.1) is 0 Å². The minimum atomic E-state index is -0.159. The van der Waals surface area contributed by atoms with Crippen molar-refractivity contribution in [3.63, 3.8) is 0 Å². The van der Waals surface area contributed by atoms with Crippen LogP contribution in [0.3, 0.4) is 0 Å². The van der Waals surface area contributed by atoms with Crippen LogP contribution in [0.2, 0.25) is 0 Å². The zero-order valence-corrected chi connectivity index (χ0v) is 12.7. The van der Waals surface area contributed by atoms with Crippen LogP contribution in [0.25, 0.3) is 0 Å². The normalized spacial score (nSPS) is 16.5. The van der Waals surface area contributed by atoms with E-state index in [1.54, 1.807) is 6.07 Å². The molecule has 2 N–H and O–H groups in total. The van der Waals surface area contributed by atoms with E-state index >= 15 is 0 Å². The van der Waals surface area contributed by atoms with E-state index in [1.165, 1.54) is 31.7 Å². The molecule has 0 saturated heterocycles. The van der Waals surface area contributed by atoms with E-state index in [0.717, 1.165) is 24.2 Å². The monoisotopic (exact) mass is 278 g/mol. The van der Waals surface area contributed by atoms with E-state index in [-0.39, 0.29) is 5.82 Å². The summed E-state index contributed by atoms with van der Waals surface area (Å²) in [5.74, 6) is 0.471. The van der Waals surface area contributed by atoms with Gasteiger partial charge in [0.05, 0.1) is 0 Å². The van der Waals surface area contributed by atoms with Crippen molar-refractivity contribution < 1.29 is 4.39 Å². The molecule has 1 saturated carbocycles. The van der Waals surface area contributed by atoms with Crippen LogP contribution >= 0.6 is 0 Å². The quantitative estimate of drug-likeness (QED) is 0.860. The van der Waals surface area contributed by atoms with Crippen molar-refractivity contribution in [1.29, 1.82) is 0 Å². The molecule has 0 spiro atoms. The molecule has 1 aliphatic rings. The summed E-state index contributed by atoms with van der Waals surface area (Å²) in [5, 5.41) is 0. The molecular weight excluding hydrogens is 251 g/mol. The molecule has 1 aromatic carbocycles. The minimum Gasteiger partial charge on any atom is -0.326 e. The third-order valence-corrected chi connectivity index (χ3v) is 4.20. The van der Waals surface area contributed by atoms with Gasteiger partial charge < -0.3 is 5.73 Å². The van der Waals surface area contributed by atoms with Gasteiger partial charge in [0.25, 0.3) is 0 Å². The third-order valence-electron chi connectivity index (χ3n) is 4.20. The highest BCUT2D eigenvalue weighted by Gasteiger charge is 2.23. The van der Waals surface area contributed by atoms with Crippen molar-refractivity contribution in [2.45, 2.75) is 58.7 Å². The van der Waals surface area contributed by atoms with E-state index in [0.29, 0.717) is 18.5 Å². The van der Waals surface area contributed by atoms with Gasteiger partial charge in [0.1, 0.15) is 5.82 Å². The van der Waals surface area contributed by atoms with E-state index in [2.05, 4.69) is 18.7 Å². The molecule has 0 radical (unpaired) electrons. The molecule has 0 amide bonds. The Hall–Kier alpha value is -0.930. The number of rotatable bonds is 6. The zero-order chi connectivity index (χ0) is 14.5. The Morgan fingerprint density at radius 2 is 1.95 bits per heavy atom. The number of hydrogen-bond donors (Lipinski definition) is 1. The topological polar surface area (TPSA) is 29.3 Å². The van der Waals surface area contributed by atoms with Gasteiger partial charge in [-0.3, -0.25) is 4.90 Å². The number of nitrogens with zero attached hydrogens (tertiary/aromatic N) is 1. The summed E-state index contributed by atoms with van der Waals surface area (Å²) in [6.45, 7) is 6.88. The molecule has 0 atom stereocenters. The summed E-state index contributed by atoms with van der Waals surface area (Å²) in [6, 6.07) is 5.65. The lowest BCUT2D eigenvalue weighted by atomic mass is 10.0. The highest BCUT2D eigenvalue weighted by Crippen LogP contribution is 2.26. The Balaban J connectivity index is 2.15. The lowest BCUT2D eigenvalue weighted by Crippen LogP contribution is -2.36. The van der Waals surface area contributed by atoms with Crippen LogP contribution in [-0.4, -0.2) is 17.5 Å². The van der Waals surface area contributed by atoms with Crippen LogP contribution in [0.15, 0.2) is 18.2 Å². The third kappa shape index (κ3) is 4.03. The van der Waals surface area contributed by atoms with Gasteiger partial charge in [-0.05, 0) is 42.0 Å². The van der Waals surface area contributed by atoms with Gasteiger partial charge in [-0.1, -0.05) is 32.8 Å². The van der Waals surface area contributed by atoms with Crippen molar-refractivity contribution in [3.8, 4) is 0 Å². The first-order chi connectivity index (χ1) is 9.60. The molecule has 2 nitrogen and oxygen atoms in total. The van der Waals surface area contributed by atoms with Crippen LogP contribution in [-0.2, 0) is 13.1 Å². The highest BCUT2D eigenvalue weighted by molar-refractivity contribution is 5.27. The van der Waals surface area contributed by atoms with Crippen LogP contribution in [0.5, 0.6) is 0 Å². The summed E-state index contributed by atoms with van der Waals surface area (Å²) in [6.07, 6.45) is 5.21. The van der Waals surface area contributed by atoms with Crippen molar-refractivity contribution in [2.75, 3.05) is 6.54 Å². The second-order valence-corrected chi connectivity index (χ2v) is 6.38. The minimum absolute atomic E-state index is 0.159. The molecule has 3 heteroatoms. The summed E-state index contributed by atoms with van der Waals surface area (Å²) >= 11 is 0. The molecule has 112 valence electrons. The number of halogens is 1. The van der Waals surface area contributed by atoms with Gasteiger partial charge in [0, 0.05) is 25.7 Å². The van der Waals surface area contributed by atoms with E-state index in [1.807, 2.05) is 6.07 Å². The predicted octanol–water partition coefficient (Wildman–Crippen LogP) is 3.69. The van der Waals surface area contributed by atoms with E-state index in [9.17, 15) is 4.39 Å². The Labute approximate surface area is 122 Å². The summed E-state index contributed by atoms with van der Waals surface area (Å²) in [7, 11) is 0. The van der Waals surface area contributed by atoms with Gasteiger partial charge in [-0.2, -0.15) is 0 Å². The molecular formula is C17H27FN2. The average molecular weight is 278 g/mol. The first kappa shape index (κ1) is 15.5. The first-order valence-corrected chi connectivity index (χ1v) is 7.81. The fraction of sp³-hybridized carbons (Fsp3) is 0.647. The maximum atomic E-state index is 13.5. The van der Waals surface area contributed by atoms with Crippen LogP contribution < -0.4 is 5.73 Å². The highest BCUT2D eigenvalue weighted by atomic mass is 19.1. The van der Waals surface area contributed by atoms with Crippen LogP contribution in [0, 0.1) is 11.7 Å². The Morgan fingerprint density at radius 3 is 2.55 bits per heavy atom. The second kappa shape index (κ2) is 7.19. The van der Waals surface area contributed by atoms with Crippen LogP contribution in [0.1, 0.15) is 50.7 Å². The molecule has 0 unspecified atom stereocenters. The maximum absolute atomic E-state index is 13.5. The SMILES string of the molecule is CC(C)CN(Cc1cc(F)ccc1CN)C1CCCC1. The second-order valence-electron chi connectivity index (χ2n) is 6.38. The molecule has 20 heavy (non-hydrogen) atoms. The molecule has 0 aromatic heterocycles. The molecule has 1 fully saturated rings. The zero-order valence-electron chi connectivity index (χ0n) is 12.7. The molecule has 1 aromatic rings. The number of hydrogen-bond acceptors (Lipinski definition) is 2. The molecule has 0 aliphatic heterocycles. The average Bonchev–Trinajstić information content (AvgIpc) is 2.91. The Bertz CT molecular complexity index is 425. The smallest absolute Gasteiger partial charge is 0.123 e. The van der Waals surface area contributed by atoms with Gasteiger partial charge in [0.2, 0.25) is 0 Å². The van der Waals surface area contributed by atoms with E-state index < -0.39 is 0 Å². The van der Waals surface area contributed by atoms with Crippen molar-refractivity contribution >= 4 is 0 Å². The molecule has 0 heterocycles.